The van der Waals surface area contributed by atoms with Gasteiger partial charge in [-0.2, -0.15) is 11.8 Å². The fraction of sp³-hybridized carbons (Fsp3) is 0.455. The molecule has 19 heavy (non-hydrogen) atoms. The fourth-order valence-electron chi connectivity index (χ4n) is 1.47. The van der Waals surface area contributed by atoms with Gasteiger partial charge in [-0.3, -0.25) is 10.1 Å². The summed E-state index contributed by atoms with van der Waals surface area (Å²) in [4.78, 5) is 25.0. The first-order valence-electron chi connectivity index (χ1n) is 5.55. The van der Waals surface area contributed by atoms with Gasteiger partial charge in [-0.1, -0.05) is 0 Å². The highest BCUT2D eigenvalue weighted by molar-refractivity contribution is 7.98. The number of thioether (sulfide) groups is 1. The largest absolute Gasteiger partial charge is 0.480 e. The van der Waals surface area contributed by atoms with Crippen LogP contribution < -0.4 is 5.32 Å². The Morgan fingerprint density at radius 1 is 1.68 bits per heavy atom. The van der Waals surface area contributed by atoms with Gasteiger partial charge in [-0.15, -0.1) is 0 Å². The van der Waals surface area contributed by atoms with Crippen LogP contribution in [0.3, 0.4) is 0 Å². The van der Waals surface area contributed by atoms with Crippen LogP contribution in [0.5, 0.6) is 0 Å². The zero-order valence-corrected chi connectivity index (χ0v) is 11.4. The number of carbonyl (C=O) groups is 1. The van der Waals surface area contributed by atoms with Gasteiger partial charge in [0.25, 0.3) is 5.69 Å². The molecule has 0 amide bonds. The average Bonchev–Trinajstić information content (AvgIpc) is 2.35. The van der Waals surface area contributed by atoms with Gasteiger partial charge in [-0.05, 0) is 30.9 Å². The monoisotopic (exact) mass is 285 g/mol. The van der Waals surface area contributed by atoms with Crippen molar-refractivity contribution >= 4 is 29.2 Å². The van der Waals surface area contributed by atoms with Crippen LogP contribution >= 0.6 is 11.8 Å². The first-order valence-corrected chi connectivity index (χ1v) is 6.94. The van der Waals surface area contributed by atoms with Crippen LogP contribution in [0.4, 0.5) is 11.5 Å². The number of carboxylic acid groups (broad SMARTS) is 1. The Morgan fingerprint density at radius 2 is 2.37 bits per heavy atom. The molecule has 8 heteroatoms. The molecule has 1 rings (SSSR count). The van der Waals surface area contributed by atoms with Crippen molar-refractivity contribution in [1.82, 2.24) is 4.98 Å². The predicted molar refractivity (Wildman–Crippen MR) is 73.7 cm³/mol. The van der Waals surface area contributed by atoms with Crippen LogP contribution in [-0.4, -0.2) is 39.0 Å². The van der Waals surface area contributed by atoms with E-state index < -0.39 is 16.9 Å². The molecular formula is C11H15N3O4S. The molecule has 1 unspecified atom stereocenters. The van der Waals surface area contributed by atoms with E-state index in [2.05, 4.69) is 10.3 Å². The molecule has 0 aliphatic rings. The number of hydrogen-bond acceptors (Lipinski definition) is 6. The maximum atomic E-state index is 11.1. The number of aromatic nitrogens is 1. The Hall–Kier alpha value is -1.83. The number of pyridine rings is 1. The standard InChI is InChI=1S/C11H15N3O4S/c1-7-5-8(14(17)18)6-12-10(7)13-9(11(15)16)3-4-19-2/h5-6,9H,3-4H2,1-2H3,(H,12,13)(H,15,16). The molecule has 0 spiro atoms. The van der Waals surface area contributed by atoms with Crippen molar-refractivity contribution in [1.29, 1.82) is 0 Å². The number of rotatable bonds is 7. The van der Waals surface area contributed by atoms with Crippen molar-refractivity contribution in [3.05, 3.63) is 27.9 Å². The lowest BCUT2D eigenvalue weighted by Crippen LogP contribution is -2.30. The zero-order valence-electron chi connectivity index (χ0n) is 10.6. The third kappa shape index (κ3) is 4.40. The van der Waals surface area contributed by atoms with Crippen LogP contribution in [0.1, 0.15) is 12.0 Å². The molecule has 1 aromatic rings. The quantitative estimate of drug-likeness (QED) is 0.582. The second-order valence-electron chi connectivity index (χ2n) is 3.93. The summed E-state index contributed by atoms with van der Waals surface area (Å²) in [7, 11) is 0. The third-order valence-corrected chi connectivity index (χ3v) is 3.14. The third-order valence-electron chi connectivity index (χ3n) is 2.49. The summed E-state index contributed by atoms with van der Waals surface area (Å²) >= 11 is 1.56. The molecule has 0 saturated heterocycles. The van der Waals surface area contributed by atoms with Crippen molar-refractivity contribution in [3.63, 3.8) is 0 Å². The van der Waals surface area contributed by atoms with Crippen molar-refractivity contribution in [2.75, 3.05) is 17.3 Å². The second kappa shape index (κ2) is 6.93. The predicted octanol–water partition coefficient (Wildman–Crippen LogP) is 1.92. The molecule has 7 nitrogen and oxygen atoms in total. The molecule has 0 aliphatic heterocycles. The second-order valence-corrected chi connectivity index (χ2v) is 4.92. The van der Waals surface area contributed by atoms with Gasteiger partial charge in [-0.25, -0.2) is 9.78 Å². The molecule has 1 heterocycles. The molecule has 104 valence electrons. The number of nitrogens with one attached hydrogen (secondary N) is 1. The van der Waals surface area contributed by atoms with Crippen molar-refractivity contribution in [2.24, 2.45) is 0 Å². The number of aryl methyl sites for hydroxylation is 1. The summed E-state index contributed by atoms with van der Waals surface area (Å²) in [5.74, 6) is 0.100. The van der Waals surface area contributed by atoms with E-state index in [1.807, 2.05) is 6.26 Å². The summed E-state index contributed by atoms with van der Waals surface area (Å²) in [6.07, 6.45) is 3.46. The van der Waals surface area contributed by atoms with E-state index in [0.717, 1.165) is 6.20 Å². The fourth-order valence-corrected chi connectivity index (χ4v) is 1.94. The van der Waals surface area contributed by atoms with E-state index >= 15 is 0 Å². The molecule has 0 radical (unpaired) electrons. The Labute approximate surface area is 114 Å². The Bertz CT molecular complexity index is 481. The number of nitrogens with zero attached hydrogens (tertiary/aromatic N) is 2. The van der Waals surface area contributed by atoms with E-state index in [9.17, 15) is 14.9 Å². The molecule has 1 atom stereocenters. The van der Waals surface area contributed by atoms with Gasteiger partial charge in [0.1, 0.15) is 18.1 Å². The van der Waals surface area contributed by atoms with E-state index in [1.165, 1.54) is 6.07 Å². The molecule has 0 saturated carbocycles. The summed E-state index contributed by atoms with van der Waals surface area (Å²) in [6.45, 7) is 1.65. The highest BCUT2D eigenvalue weighted by atomic mass is 32.2. The van der Waals surface area contributed by atoms with Crippen LogP contribution in [0.2, 0.25) is 0 Å². The molecule has 2 N–H and O–H groups in total. The van der Waals surface area contributed by atoms with Gasteiger partial charge in [0, 0.05) is 6.07 Å². The zero-order chi connectivity index (χ0) is 14.4. The van der Waals surface area contributed by atoms with E-state index in [4.69, 9.17) is 5.11 Å². The number of carboxylic acids is 1. The van der Waals surface area contributed by atoms with E-state index in [-0.39, 0.29) is 5.69 Å². The summed E-state index contributed by atoms with van der Waals surface area (Å²) in [5.41, 5.74) is 0.434. The van der Waals surface area contributed by atoms with Crippen molar-refractivity contribution in [2.45, 2.75) is 19.4 Å². The summed E-state index contributed by atoms with van der Waals surface area (Å²) in [6, 6.07) is 0.614. The van der Waals surface area contributed by atoms with E-state index in [0.29, 0.717) is 23.6 Å². The van der Waals surface area contributed by atoms with E-state index in [1.54, 1.807) is 18.7 Å². The maximum absolute atomic E-state index is 11.1. The lowest BCUT2D eigenvalue weighted by atomic mass is 10.2. The van der Waals surface area contributed by atoms with Crippen LogP contribution in [0.25, 0.3) is 0 Å². The Kier molecular flexibility index (Phi) is 5.56. The van der Waals surface area contributed by atoms with Crippen LogP contribution in [0.15, 0.2) is 12.3 Å². The highest BCUT2D eigenvalue weighted by Crippen LogP contribution is 2.19. The molecule has 0 fully saturated rings. The molecule has 0 bridgehead atoms. The molecule has 1 aromatic heterocycles. The first-order chi connectivity index (χ1) is 8.95. The van der Waals surface area contributed by atoms with Gasteiger partial charge in [0.05, 0.1) is 4.92 Å². The normalized spacial score (nSPS) is 11.9. The highest BCUT2D eigenvalue weighted by Gasteiger charge is 2.19. The minimum Gasteiger partial charge on any atom is -0.480 e. The molecule has 0 aliphatic carbocycles. The Balaban J connectivity index is 2.84. The van der Waals surface area contributed by atoms with Gasteiger partial charge in [0.2, 0.25) is 0 Å². The number of aliphatic carboxylic acids is 1. The first kappa shape index (κ1) is 15.2. The SMILES string of the molecule is CSCCC(Nc1ncc([N+](=O)[O-])cc1C)C(=O)O. The topological polar surface area (TPSA) is 105 Å². The van der Waals surface area contributed by atoms with Crippen molar-refractivity contribution in [3.8, 4) is 0 Å². The van der Waals surface area contributed by atoms with Crippen LogP contribution in [-0.2, 0) is 4.79 Å². The summed E-state index contributed by atoms with van der Waals surface area (Å²) < 4.78 is 0. The minimum atomic E-state index is -0.964. The van der Waals surface area contributed by atoms with Crippen LogP contribution in [0, 0.1) is 17.0 Å². The average molecular weight is 285 g/mol. The number of nitro groups is 1. The Morgan fingerprint density at radius 3 is 2.84 bits per heavy atom. The smallest absolute Gasteiger partial charge is 0.326 e. The lowest BCUT2D eigenvalue weighted by Gasteiger charge is -2.15. The molecular weight excluding hydrogens is 270 g/mol. The van der Waals surface area contributed by atoms with Gasteiger partial charge >= 0.3 is 5.97 Å². The summed E-state index contributed by atoms with van der Waals surface area (Å²) in [5, 5.41) is 22.5. The minimum absolute atomic E-state index is 0.112. The number of anilines is 1. The maximum Gasteiger partial charge on any atom is 0.326 e. The number of hydrogen-bond donors (Lipinski definition) is 2. The van der Waals surface area contributed by atoms with Gasteiger partial charge < -0.3 is 10.4 Å². The molecule has 0 aromatic carbocycles. The lowest BCUT2D eigenvalue weighted by molar-refractivity contribution is -0.385. The van der Waals surface area contributed by atoms with Gasteiger partial charge in [0.15, 0.2) is 0 Å². The van der Waals surface area contributed by atoms with Crippen molar-refractivity contribution < 1.29 is 14.8 Å².